The lowest BCUT2D eigenvalue weighted by atomic mass is 10.2. The van der Waals surface area contributed by atoms with Crippen LogP contribution in [0.3, 0.4) is 0 Å². The van der Waals surface area contributed by atoms with E-state index in [2.05, 4.69) is 16.8 Å². The van der Waals surface area contributed by atoms with Crippen molar-refractivity contribution < 1.29 is 23.9 Å². The maximum Gasteiger partial charge on any atom is 0.279 e. The minimum atomic E-state index is -0.0389. The van der Waals surface area contributed by atoms with Crippen molar-refractivity contribution in [2.45, 2.75) is 25.5 Å². The maximum absolute atomic E-state index is 12.7. The van der Waals surface area contributed by atoms with Crippen LogP contribution in [0.25, 0.3) is 0 Å². The molecule has 2 aromatic rings. The molecule has 1 fully saturated rings. The largest absolute Gasteiger partial charge is 0.497 e. The van der Waals surface area contributed by atoms with E-state index in [1.807, 2.05) is 6.07 Å². The van der Waals surface area contributed by atoms with E-state index in [1.165, 1.54) is 9.78 Å². The lowest BCUT2D eigenvalue weighted by Crippen LogP contribution is -3.12. The highest BCUT2D eigenvalue weighted by atomic mass is 32.1. The Labute approximate surface area is 164 Å². The molecule has 1 unspecified atom stereocenters. The fourth-order valence-electron chi connectivity index (χ4n) is 3.32. The number of ether oxygens (including phenoxy) is 3. The summed E-state index contributed by atoms with van der Waals surface area (Å²) < 4.78 is 16.4. The number of nitrogens with one attached hydrogen (secondary N) is 2. The number of rotatable bonds is 9. The molecule has 2 N–H and O–H groups in total. The number of thiophene rings is 1. The number of quaternary nitrogens is 1. The van der Waals surface area contributed by atoms with Gasteiger partial charge in [-0.3, -0.25) is 4.79 Å². The molecule has 146 valence electrons. The summed E-state index contributed by atoms with van der Waals surface area (Å²) >= 11 is 1.72. The van der Waals surface area contributed by atoms with Crippen molar-refractivity contribution >= 4 is 22.9 Å². The van der Waals surface area contributed by atoms with E-state index >= 15 is 0 Å². The minimum absolute atomic E-state index is 0.0389. The normalized spacial score (nSPS) is 17.5. The van der Waals surface area contributed by atoms with Crippen LogP contribution in [0.15, 0.2) is 35.7 Å². The molecule has 1 aromatic heterocycles. The predicted molar refractivity (Wildman–Crippen MR) is 106 cm³/mol. The monoisotopic (exact) mass is 391 g/mol. The summed E-state index contributed by atoms with van der Waals surface area (Å²) in [5.41, 5.74) is 0.649. The van der Waals surface area contributed by atoms with Crippen LogP contribution in [-0.4, -0.2) is 45.9 Å². The summed E-state index contributed by atoms with van der Waals surface area (Å²) in [6.45, 7) is 2.87. The van der Waals surface area contributed by atoms with E-state index in [4.69, 9.17) is 14.2 Å². The van der Waals surface area contributed by atoms with Gasteiger partial charge in [-0.25, -0.2) is 0 Å². The molecule has 0 saturated carbocycles. The first-order chi connectivity index (χ1) is 13.2. The highest BCUT2D eigenvalue weighted by Gasteiger charge is 2.24. The Hall–Kier alpha value is -2.09. The summed E-state index contributed by atoms with van der Waals surface area (Å²) in [5, 5.41) is 5.04. The van der Waals surface area contributed by atoms with Crippen LogP contribution in [0.5, 0.6) is 11.5 Å². The molecule has 1 aromatic carbocycles. The molecule has 6 nitrogen and oxygen atoms in total. The van der Waals surface area contributed by atoms with Gasteiger partial charge in [-0.05, 0) is 36.4 Å². The molecule has 1 aliphatic heterocycles. The van der Waals surface area contributed by atoms with E-state index in [-0.39, 0.29) is 12.0 Å². The predicted octanol–water partition coefficient (Wildman–Crippen LogP) is 1.97. The molecule has 2 heterocycles. The topological polar surface area (TPSA) is 61.2 Å². The average Bonchev–Trinajstić information content (AvgIpc) is 3.36. The molecule has 1 aliphatic rings. The number of hydrogen-bond donors (Lipinski definition) is 2. The first-order valence-corrected chi connectivity index (χ1v) is 10.1. The van der Waals surface area contributed by atoms with Gasteiger partial charge in [0.1, 0.15) is 30.7 Å². The summed E-state index contributed by atoms with van der Waals surface area (Å²) in [5.74, 6) is 1.23. The smallest absolute Gasteiger partial charge is 0.279 e. The van der Waals surface area contributed by atoms with Gasteiger partial charge < -0.3 is 24.4 Å². The summed E-state index contributed by atoms with van der Waals surface area (Å²) in [6, 6.07) is 9.53. The second-order valence-electron chi connectivity index (χ2n) is 6.64. The second-order valence-corrected chi connectivity index (χ2v) is 7.67. The minimum Gasteiger partial charge on any atom is -0.497 e. The average molecular weight is 392 g/mol. The van der Waals surface area contributed by atoms with Gasteiger partial charge in [0.15, 0.2) is 6.54 Å². The Kier molecular flexibility index (Phi) is 7.09. The molecular weight excluding hydrogens is 364 g/mol. The van der Waals surface area contributed by atoms with E-state index < -0.39 is 0 Å². The van der Waals surface area contributed by atoms with E-state index in [9.17, 15) is 4.79 Å². The van der Waals surface area contributed by atoms with E-state index in [1.54, 1.807) is 43.8 Å². The Morgan fingerprint density at radius 3 is 2.89 bits per heavy atom. The number of methoxy groups -OCH3 is 2. The number of benzene rings is 1. The second kappa shape index (κ2) is 9.73. The van der Waals surface area contributed by atoms with Crippen LogP contribution >= 0.6 is 11.3 Å². The van der Waals surface area contributed by atoms with Gasteiger partial charge in [0.25, 0.3) is 5.91 Å². The van der Waals surface area contributed by atoms with Gasteiger partial charge in [-0.2, -0.15) is 0 Å². The molecule has 0 aliphatic carbocycles. The number of amides is 1. The lowest BCUT2D eigenvalue weighted by Gasteiger charge is -2.21. The molecule has 0 spiro atoms. The summed E-state index contributed by atoms with van der Waals surface area (Å²) in [4.78, 5) is 15.2. The first-order valence-electron chi connectivity index (χ1n) is 9.17. The third-order valence-corrected chi connectivity index (χ3v) is 5.51. The van der Waals surface area contributed by atoms with E-state index in [0.717, 1.165) is 32.5 Å². The Morgan fingerprint density at radius 1 is 1.33 bits per heavy atom. The molecule has 1 saturated heterocycles. The zero-order chi connectivity index (χ0) is 19.1. The first kappa shape index (κ1) is 19.7. The van der Waals surface area contributed by atoms with Crippen molar-refractivity contribution in [2.24, 2.45) is 0 Å². The molecular formula is C20H27N2O4S+. The molecule has 1 amide bonds. The molecule has 0 radical (unpaired) electrons. The lowest BCUT2D eigenvalue weighted by molar-refractivity contribution is -0.908. The van der Waals surface area contributed by atoms with Gasteiger partial charge in [0.2, 0.25) is 0 Å². The van der Waals surface area contributed by atoms with Crippen molar-refractivity contribution in [1.82, 2.24) is 0 Å². The van der Waals surface area contributed by atoms with E-state index in [0.29, 0.717) is 23.7 Å². The summed E-state index contributed by atoms with van der Waals surface area (Å²) in [6.07, 6.45) is 2.41. The van der Waals surface area contributed by atoms with Gasteiger partial charge in [0, 0.05) is 12.7 Å². The van der Waals surface area contributed by atoms with Crippen LogP contribution < -0.4 is 19.7 Å². The van der Waals surface area contributed by atoms with Gasteiger partial charge in [-0.1, -0.05) is 6.07 Å². The molecule has 2 atom stereocenters. The fraction of sp³-hybridized carbons (Fsp3) is 0.450. The maximum atomic E-state index is 12.7. The van der Waals surface area contributed by atoms with Crippen molar-refractivity contribution in [2.75, 3.05) is 39.2 Å². The number of anilines is 1. The third-order valence-electron chi connectivity index (χ3n) is 4.64. The Balaban J connectivity index is 1.64. The zero-order valence-corrected chi connectivity index (χ0v) is 16.6. The van der Waals surface area contributed by atoms with Crippen molar-refractivity contribution in [1.29, 1.82) is 0 Å². The highest BCUT2D eigenvalue weighted by molar-refractivity contribution is 7.09. The van der Waals surface area contributed by atoms with Crippen molar-refractivity contribution in [3.63, 3.8) is 0 Å². The third kappa shape index (κ3) is 5.69. The molecule has 0 bridgehead atoms. The highest BCUT2D eigenvalue weighted by Crippen LogP contribution is 2.28. The van der Waals surface area contributed by atoms with Crippen LogP contribution in [0, 0.1) is 0 Å². The number of hydrogen-bond acceptors (Lipinski definition) is 5. The van der Waals surface area contributed by atoms with Crippen LogP contribution in [-0.2, 0) is 16.1 Å². The van der Waals surface area contributed by atoms with Crippen molar-refractivity contribution in [3.8, 4) is 11.5 Å². The molecule has 3 rings (SSSR count). The van der Waals surface area contributed by atoms with Crippen LogP contribution in [0.2, 0.25) is 0 Å². The molecule has 7 heteroatoms. The Morgan fingerprint density at radius 2 is 2.22 bits per heavy atom. The summed E-state index contributed by atoms with van der Waals surface area (Å²) in [7, 11) is 3.18. The van der Waals surface area contributed by atoms with Gasteiger partial charge in [0.05, 0.1) is 24.8 Å². The zero-order valence-electron chi connectivity index (χ0n) is 15.8. The fourth-order valence-corrected chi connectivity index (χ4v) is 4.09. The van der Waals surface area contributed by atoms with Crippen LogP contribution in [0.1, 0.15) is 17.7 Å². The Bertz CT molecular complexity index is 730. The van der Waals surface area contributed by atoms with Crippen molar-refractivity contribution in [3.05, 3.63) is 40.6 Å². The standard InChI is InChI=1S/C20H26N2O4S/c1-24-15-7-8-18(19(11-15)25-2)21-20(23)14-22(12-16-5-3-9-26-16)13-17-6-4-10-27-17/h4,6-8,10-11,16H,3,5,9,12-14H2,1-2H3,(H,21,23)/p+1/t16-/m0/s1. The number of carbonyl (C=O) groups is 1. The number of carbonyl (C=O) groups excluding carboxylic acids is 1. The van der Waals surface area contributed by atoms with Gasteiger partial charge >= 0.3 is 0 Å². The SMILES string of the molecule is COc1ccc(NC(=O)C[NH+](Cc2cccs2)C[C@@H]2CCCO2)c(OC)c1. The molecule has 27 heavy (non-hydrogen) atoms. The quantitative estimate of drug-likeness (QED) is 0.686. The van der Waals surface area contributed by atoms with Crippen LogP contribution in [0.4, 0.5) is 5.69 Å². The van der Waals surface area contributed by atoms with Gasteiger partial charge in [-0.15, -0.1) is 11.3 Å².